The Kier molecular flexibility index (Phi) is 3.51. The number of aromatic nitrogens is 2. The molecule has 1 aromatic carbocycles. The fourth-order valence-corrected chi connectivity index (χ4v) is 1.91. The normalized spacial score (nSPS) is 10.3. The van der Waals surface area contributed by atoms with Crippen LogP contribution in [0.3, 0.4) is 0 Å². The number of benzene rings is 1. The van der Waals surface area contributed by atoms with Gasteiger partial charge in [-0.05, 0) is 12.1 Å². The first-order valence-electron chi connectivity index (χ1n) is 5.70. The number of phenolic OH excluding ortho intramolecular Hbond substituents is 1. The molecular weight excluding hydrogens is 264 g/mol. The van der Waals surface area contributed by atoms with Gasteiger partial charge in [0.05, 0.1) is 19.9 Å². The van der Waals surface area contributed by atoms with Crippen LogP contribution in [0.4, 0.5) is 0 Å². The van der Waals surface area contributed by atoms with Crippen molar-refractivity contribution in [3.8, 4) is 28.5 Å². The minimum Gasteiger partial charge on any atom is -0.504 e. The molecule has 0 amide bonds. The number of methoxy groups -OCH3 is 2. The van der Waals surface area contributed by atoms with E-state index in [1.54, 1.807) is 7.05 Å². The molecule has 1 aromatic heterocycles. The van der Waals surface area contributed by atoms with Gasteiger partial charge >= 0.3 is 5.97 Å². The maximum absolute atomic E-state index is 10.9. The van der Waals surface area contributed by atoms with Crippen LogP contribution in [-0.2, 0) is 7.05 Å². The number of hydrogen-bond donors (Lipinski definition) is 2. The summed E-state index contributed by atoms with van der Waals surface area (Å²) in [4.78, 5) is 10.9. The molecule has 0 bridgehead atoms. The second kappa shape index (κ2) is 5.12. The molecule has 2 rings (SSSR count). The molecule has 2 N–H and O–H groups in total. The SMILES string of the molecule is COc1cc(OC)c(-c2cc(C(=O)O)nn2C)cc1O. The quantitative estimate of drug-likeness (QED) is 0.880. The first-order chi connectivity index (χ1) is 9.47. The van der Waals surface area contributed by atoms with E-state index < -0.39 is 5.97 Å². The van der Waals surface area contributed by atoms with Gasteiger partial charge < -0.3 is 19.7 Å². The number of aromatic carboxylic acids is 1. The van der Waals surface area contributed by atoms with Gasteiger partial charge in [-0.1, -0.05) is 0 Å². The summed E-state index contributed by atoms with van der Waals surface area (Å²) in [6, 6.07) is 4.38. The Labute approximate surface area is 115 Å². The highest BCUT2D eigenvalue weighted by atomic mass is 16.5. The smallest absolute Gasteiger partial charge is 0.356 e. The number of aryl methyl sites for hydroxylation is 1. The first-order valence-corrected chi connectivity index (χ1v) is 5.70. The molecule has 0 spiro atoms. The van der Waals surface area contributed by atoms with Crippen LogP contribution in [0, 0.1) is 0 Å². The molecule has 0 saturated carbocycles. The van der Waals surface area contributed by atoms with Crippen LogP contribution in [0.5, 0.6) is 17.2 Å². The average Bonchev–Trinajstić information content (AvgIpc) is 2.80. The van der Waals surface area contributed by atoms with Crippen molar-refractivity contribution in [2.24, 2.45) is 7.05 Å². The highest BCUT2D eigenvalue weighted by Gasteiger charge is 2.18. The topological polar surface area (TPSA) is 93.8 Å². The number of carboxylic acid groups (broad SMARTS) is 1. The lowest BCUT2D eigenvalue weighted by atomic mass is 10.1. The minimum absolute atomic E-state index is 0.0682. The first kappa shape index (κ1) is 13.7. The molecule has 7 nitrogen and oxygen atoms in total. The zero-order valence-electron chi connectivity index (χ0n) is 11.2. The van der Waals surface area contributed by atoms with Gasteiger partial charge in [0.2, 0.25) is 0 Å². The average molecular weight is 278 g/mol. The molecule has 0 aliphatic heterocycles. The molecule has 0 aliphatic carbocycles. The highest BCUT2D eigenvalue weighted by molar-refractivity contribution is 5.87. The van der Waals surface area contributed by atoms with E-state index in [0.29, 0.717) is 17.0 Å². The zero-order chi connectivity index (χ0) is 14.9. The van der Waals surface area contributed by atoms with E-state index in [4.69, 9.17) is 14.6 Å². The van der Waals surface area contributed by atoms with Crippen LogP contribution in [0.25, 0.3) is 11.3 Å². The van der Waals surface area contributed by atoms with E-state index in [9.17, 15) is 9.90 Å². The molecule has 0 saturated heterocycles. The van der Waals surface area contributed by atoms with Crippen molar-refractivity contribution in [2.75, 3.05) is 14.2 Å². The third-order valence-corrected chi connectivity index (χ3v) is 2.88. The van der Waals surface area contributed by atoms with Gasteiger partial charge in [0.25, 0.3) is 0 Å². The number of ether oxygens (including phenoxy) is 2. The van der Waals surface area contributed by atoms with Crippen molar-refractivity contribution in [1.29, 1.82) is 0 Å². The summed E-state index contributed by atoms with van der Waals surface area (Å²) in [5.41, 5.74) is 0.949. The lowest BCUT2D eigenvalue weighted by Crippen LogP contribution is -1.99. The highest BCUT2D eigenvalue weighted by Crippen LogP contribution is 2.39. The van der Waals surface area contributed by atoms with E-state index in [1.807, 2.05) is 0 Å². The van der Waals surface area contributed by atoms with E-state index in [1.165, 1.54) is 37.1 Å². The predicted molar refractivity (Wildman–Crippen MR) is 70.4 cm³/mol. The number of nitrogens with zero attached hydrogens (tertiary/aromatic N) is 2. The van der Waals surface area contributed by atoms with Crippen LogP contribution in [0.1, 0.15) is 10.5 Å². The number of hydrogen-bond acceptors (Lipinski definition) is 5. The molecular formula is C13H14N2O5. The van der Waals surface area contributed by atoms with Crippen LogP contribution < -0.4 is 9.47 Å². The molecule has 2 aromatic rings. The van der Waals surface area contributed by atoms with E-state index >= 15 is 0 Å². The van der Waals surface area contributed by atoms with Crippen molar-refractivity contribution >= 4 is 5.97 Å². The second-order valence-corrected chi connectivity index (χ2v) is 4.07. The molecule has 7 heteroatoms. The molecule has 0 atom stereocenters. The Hall–Kier alpha value is -2.70. The summed E-state index contributed by atoms with van der Waals surface area (Å²) < 4.78 is 11.7. The lowest BCUT2D eigenvalue weighted by Gasteiger charge is -2.12. The van der Waals surface area contributed by atoms with Crippen LogP contribution in [0.15, 0.2) is 18.2 Å². The summed E-state index contributed by atoms with van der Waals surface area (Å²) >= 11 is 0. The lowest BCUT2D eigenvalue weighted by molar-refractivity contribution is 0.0689. The fourth-order valence-electron chi connectivity index (χ4n) is 1.91. The fraction of sp³-hybridized carbons (Fsp3) is 0.231. The van der Waals surface area contributed by atoms with Crippen LogP contribution >= 0.6 is 0 Å². The molecule has 0 fully saturated rings. The molecule has 0 radical (unpaired) electrons. The third kappa shape index (κ3) is 2.25. The number of aromatic hydroxyl groups is 1. The second-order valence-electron chi connectivity index (χ2n) is 4.07. The van der Waals surface area contributed by atoms with Crippen molar-refractivity contribution in [2.45, 2.75) is 0 Å². The number of carbonyl (C=O) groups is 1. The van der Waals surface area contributed by atoms with E-state index in [-0.39, 0.29) is 17.2 Å². The Morgan fingerprint density at radius 1 is 1.20 bits per heavy atom. The summed E-state index contributed by atoms with van der Waals surface area (Å²) in [6.45, 7) is 0. The van der Waals surface area contributed by atoms with Gasteiger partial charge in [-0.3, -0.25) is 4.68 Å². The van der Waals surface area contributed by atoms with Gasteiger partial charge in [0, 0.05) is 18.7 Å². The Bertz CT molecular complexity index is 663. The van der Waals surface area contributed by atoms with Crippen LogP contribution in [-0.4, -0.2) is 40.2 Å². The van der Waals surface area contributed by atoms with Gasteiger partial charge in [0.1, 0.15) is 5.75 Å². The van der Waals surface area contributed by atoms with Gasteiger partial charge in [-0.15, -0.1) is 0 Å². The van der Waals surface area contributed by atoms with Gasteiger partial charge in [-0.25, -0.2) is 4.79 Å². The summed E-state index contributed by atoms with van der Waals surface area (Å²) in [5, 5.41) is 22.7. The van der Waals surface area contributed by atoms with Gasteiger partial charge in [0.15, 0.2) is 17.2 Å². The maximum atomic E-state index is 10.9. The number of carboxylic acids is 1. The van der Waals surface area contributed by atoms with Gasteiger partial charge in [-0.2, -0.15) is 5.10 Å². The Balaban J connectivity index is 2.62. The monoisotopic (exact) mass is 278 g/mol. The zero-order valence-corrected chi connectivity index (χ0v) is 11.2. The predicted octanol–water partition coefficient (Wildman–Crippen LogP) is 1.51. The largest absolute Gasteiger partial charge is 0.504 e. The summed E-state index contributed by atoms with van der Waals surface area (Å²) in [6.07, 6.45) is 0. The standard InChI is InChI=1S/C13H14N2O5/c1-15-9(5-8(14-15)13(17)18)7-4-10(16)12(20-3)6-11(7)19-2/h4-6,16H,1-3H3,(H,17,18). The molecule has 1 heterocycles. The number of rotatable bonds is 4. The van der Waals surface area contributed by atoms with Crippen molar-refractivity contribution in [1.82, 2.24) is 9.78 Å². The maximum Gasteiger partial charge on any atom is 0.356 e. The van der Waals surface area contributed by atoms with E-state index in [2.05, 4.69) is 5.10 Å². The van der Waals surface area contributed by atoms with Crippen molar-refractivity contribution in [3.05, 3.63) is 23.9 Å². The minimum atomic E-state index is -1.12. The Morgan fingerprint density at radius 2 is 1.85 bits per heavy atom. The van der Waals surface area contributed by atoms with Crippen LogP contribution in [0.2, 0.25) is 0 Å². The molecule has 20 heavy (non-hydrogen) atoms. The number of phenols is 1. The van der Waals surface area contributed by atoms with Crippen molar-refractivity contribution in [3.63, 3.8) is 0 Å². The third-order valence-electron chi connectivity index (χ3n) is 2.88. The van der Waals surface area contributed by atoms with Crippen molar-refractivity contribution < 1.29 is 24.5 Å². The van der Waals surface area contributed by atoms with E-state index in [0.717, 1.165) is 0 Å². The summed E-state index contributed by atoms with van der Waals surface area (Å²) in [7, 11) is 4.52. The molecule has 106 valence electrons. The summed E-state index contributed by atoms with van der Waals surface area (Å²) in [5.74, 6) is -0.476. The molecule has 0 aliphatic rings. The Morgan fingerprint density at radius 3 is 2.35 bits per heavy atom. The molecule has 0 unspecified atom stereocenters.